The second-order valence-electron chi connectivity index (χ2n) is 6.20. The number of nitrogens with two attached hydrogens (primary N) is 2. The summed E-state index contributed by atoms with van der Waals surface area (Å²) in [6.45, 7) is 2.17. The summed E-state index contributed by atoms with van der Waals surface area (Å²) < 4.78 is 10.3. The number of aromatic nitrogens is 2. The number of aliphatic hydroxyl groups excluding tert-OH is 4. The molecular weight excluding hydrogens is 456 g/mol. The summed E-state index contributed by atoms with van der Waals surface area (Å²) in [4.78, 5) is 27.9. The van der Waals surface area contributed by atoms with Gasteiger partial charge in [-0.1, -0.05) is 0 Å². The molecule has 0 aliphatic rings. The molecule has 14 nitrogen and oxygen atoms in total. The number of hydrogen-bond donors (Lipinski definition) is 8. The summed E-state index contributed by atoms with van der Waals surface area (Å²) in [7, 11) is 0. The van der Waals surface area contributed by atoms with Crippen LogP contribution in [0, 0.1) is 0 Å². The van der Waals surface area contributed by atoms with Crippen LogP contribution in [0.2, 0.25) is 0 Å². The van der Waals surface area contributed by atoms with E-state index < -0.39 is 36.4 Å². The Kier molecular flexibility index (Phi) is 16.3. The van der Waals surface area contributed by atoms with E-state index in [2.05, 4.69) is 9.97 Å². The number of ether oxygens (including phenoxy) is 2. The van der Waals surface area contributed by atoms with E-state index in [-0.39, 0.29) is 0 Å². The van der Waals surface area contributed by atoms with Crippen LogP contribution in [0.25, 0.3) is 0 Å². The molecule has 2 heterocycles. The highest BCUT2D eigenvalue weighted by molar-refractivity contribution is 5.75. The van der Waals surface area contributed by atoms with E-state index in [0.717, 1.165) is 11.5 Å². The minimum Gasteiger partial charge on any atom is -0.491 e. The molecule has 0 amide bonds. The first kappa shape index (κ1) is 30.6. The molecule has 14 heteroatoms. The Labute approximate surface area is 195 Å². The van der Waals surface area contributed by atoms with Crippen molar-refractivity contribution in [2.75, 3.05) is 26.3 Å². The molecule has 2 aromatic heterocycles. The lowest BCUT2D eigenvalue weighted by atomic mass is 10.0. The molecule has 0 aliphatic carbocycles. The summed E-state index contributed by atoms with van der Waals surface area (Å²) in [6.07, 6.45) is -2.55. The SMILES string of the molecule is NCCOc1cccnc1.NCCOc1cccnc1.O=C(O)[C@@H](O)[C@H](O)[C@H](O)[C@@H](O)C(=O)O. The van der Waals surface area contributed by atoms with Gasteiger partial charge in [0.25, 0.3) is 0 Å². The van der Waals surface area contributed by atoms with Crippen LogP contribution in [0.15, 0.2) is 49.1 Å². The first-order valence-corrected chi connectivity index (χ1v) is 9.79. The van der Waals surface area contributed by atoms with E-state index in [0.29, 0.717) is 26.3 Å². The highest BCUT2D eigenvalue weighted by atomic mass is 16.5. The third-order valence-electron chi connectivity index (χ3n) is 3.54. The molecule has 10 N–H and O–H groups in total. The van der Waals surface area contributed by atoms with Crippen LogP contribution in [0.5, 0.6) is 11.5 Å². The molecule has 0 spiro atoms. The zero-order valence-electron chi connectivity index (χ0n) is 18.1. The smallest absolute Gasteiger partial charge is 0.335 e. The van der Waals surface area contributed by atoms with E-state index in [1.807, 2.05) is 24.3 Å². The number of hydrogen-bond acceptors (Lipinski definition) is 12. The summed E-state index contributed by atoms with van der Waals surface area (Å²) in [6, 6.07) is 7.35. The number of aliphatic hydroxyl groups is 4. The van der Waals surface area contributed by atoms with Crippen LogP contribution >= 0.6 is 0 Å². The lowest BCUT2D eigenvalue weighted by molar-refractivity contribution is -0.172. The first-order chi connectivity index (χ1) is 16.1. The van der Waals surface area contributed by atoms with Crippen molar-refractivity contribution in [3.05, 3.63) is 49.1 Å². The van der Waals surface area contributed by atoms with Crippen LogP contribution in [-0.4, -0.2) is 103 Å². The predicted octanol–water partition coefficient (Wildman–Crippen LogP) is -2.56. The Bertz CT molecular complexity index is 733. The summed E-state index contributed by atoms with van der Waals surface area (Å²) >= 11 is 0. The average molecular weight is 486 g/mol. The van der Waals surface area contributed by atoms with Crippen LogP contribution in [-0.2, 0) is 9.59 Å². The van der Waals surface area contributed by atoms with Crippen molar-refractivity contribution in [3.8, 4) is 11.5 Å². The molecule has 2 aromatic rings. The Morgan fingerprint density at radius 2 is 1.12 bits per heavy atom. The van der Waals surface area contributed by atoms with Crippen LogP contribution < -0.4 is 20.9 Å². The van der Waals surface area contributed by atoms with Crippen molar-refractivity contribution < 1.29 is 49.7 Å². The van der Waals surface area contributed by atoms with Crippen LogP contribution in [0.3, 0.4) is 0 Å². The van der Waals surface area contributed by atoms with Gasteiger partial charge in [-0.05, 0) is 24.3 Å². The molecule has 0 aromatic carbocycles. The van der Waals surface area contributed by atoms with Gasteiger partial charge in [0, 0.05) is 25.5 Å². The lowest BCUT2D eigenvalue weighted by Gasteiger charge is -2.21. The number of nitrogens with zero attached hydrogens (tertiary/aromatic N) is 2. The third-order valence-corrected chi connectivity index (χ3v) is 3.54. The van der Waals surface area contributed by atoms with Crippen molar-refractivity contribution in [1.29, 1.82) is 0 Å². The average Bonchev–Trinajstić information content (AvgIpc) is 2.86. The standard InChI is InChI=1S/2C7H10N2O.C6H10O8/c2*8-3-5-10-7-2-1-4-9-6-7;7-1(3(9)5(11)12)2(8)4(10)6(13)14/h2*1-2,4,6H,3,5,8H2;1-4,7-10H,(H,11,12)(H,13,14)/t;;1-,2+,3+,4-. The second-order valence-corrected chi connectivity index (χ2v) is 6.20. The number of carboxylic acid groups (broad SMARTS) is 2. The molecule has 34 heavy (non-hydrogen) atoms. The second kappa shape index (κ2) is 18.1. The van der Waals surface area contributed by atoms with Crippen LogP contribution in [0.4, 0.5) is 0 Å². The minimum atomic E-state index is -2.36. The van der Waals surface area contributed by atoms with Crippen molar-refractivity contribution in [2.24, 2.45) is 11.5 Å². The number of carbonyl (C=O) groups is 2. The lowest BCUT2D eigenvalue weighted by Crippen LogP contribution is -2.49. The zero-order chi connectivity index (χ0) is 25.9. The van der Waals surface area contributed by atoms with E-state index >= 15 is 0 Å². The zero-order valence-corrected chi connectivity index (χ0v) is 18.1. The number of carboxylic acids is 2. The molecule has 4 atom stereocenters. The Hall–Kier alpha value is -3.40. The fraction of sp³-hybridized carbons (Fsp3) is 0.400. The molecule has 2 rings (SSSR count). The Morgan fingerprint density at radius 1 is 0.765 bits per heavy atom. The monoisotopic (exact) mass is 486 g/mol. The molecule has 0 fully saturated rings. The van der Waals surface area contributed by atoms with Gasteiger partial charge in [0.15, 0.2) is 12.2 Å². The molecular formula is C20H30N4O10. The van der Waals surface area contributed by atoms with Gasteiger partial charge >= 0.3 is 11.9 Å². The van der Waals surface area contributed by atoms with Crippen molar-refractivity contribution >= 4 is 11.9 Å². The summed E-state index contributed by atoms with van der Waals surface area (Å²) in [5, 5.41) is 51.5. The highest BCUT2D eigenvalue weighted by Gasteiger charge is 2.37. The van der Waals surface area contributed by atoms with E-state index in [1.54, 1.807) is 24.8 Å². The van der Waals surface area contributed by atoms with Gasteiger partial charge in [-0.2, -0.15) is 0 Å². The molecule has 0 radical (unpaired) electrons. The predicted molar refractivity (Wildman–Crippen MR) is 117 cm³/mol. The first-order valence-electron chi connectivity index (χ1n) is 9.79. The Balaban J connectivity index is 0.000000489. The molecule has 0 aliphatic heterocycles. The van der Waals surface area contributed by atoms with Crippen molar-refractivity contribution in [2.45, 2.75) is 24.4 Å². The molecule has 0 unspecified atom stereocenters. The van der Waals surface area contributed by atoms with Gasteiger partial charge < -0.3 is 51.6 Å². The van der Waals surface area contributed by atoms with Gasteiger partial charge in [0.1, 0.15) is 36.9 Å². The van der Waals surface area contributed by atoms with E-state index in [9.17, 15) is 9.59 Å². The van der Waals surface area contributed by atoms with Gasteiger partial charge in [-0.15, -0.1) is 0 Å². The molecule has 190 valence electrons. The van der Waals surface area contributed by atoms with Crippen molar-refractivity contribution in [3.63, 3.8) is 0 Å². The van der Waals surface area contributed by atoms with E-state index in [4.69, 9.17) is 51.6 Å². The fourth-order valence-electron chi connectivity index (χ4n) is 1.88. The maximum absolute atomic E-state index is 10.1. The third kappa shape index (κ3) is 13.2. The number of pyridine rings is 2. The normalized spacial score (nSPS) is 13.5. The maximum Gasteiger partial charge on any atom is 0.335 e. The topological polar surface area (TPSA) is 252 Å². The highest BCUT2D eigenvalue weighted by Crippen LogP contribution is 2.06. The summed E-state index contributed by atoms with van der Waals surface area (Å²) in [5.41, 5.74) is 10.5. The number of rotatable bonds is 11. The Morgan fingerprint density at radius 3 is 1.35 bits per heavy atom. The number of aliphatic carboxylic acids is 2. The van der Waals surface area contributed by atoms with Gasteiger partial charge in [-0.3, -0.25) is 9.97 Å². The molecule has 0 saturated carbocycles. The maximum atomic E-state index is 10.1. The van der Waals surface area contributed by atoms with Crippen molar-refractivity contribution in [1.82, 2.24) is 9.97 Å². The minimum absolute atomic E-state index is 0.537. The van der Waals surface area contributed by atoms with E-state index in [1.165, 1.54) is 0 Å². The van der Waals surface area contributed by atoms with Gasteiger partial charge in [-0.25, -0.2) is 9.59 Å². The molecule has 0 saturated heterocycles. The fourth-order valence-corrected chi connectivity index (χ4v) is 1.88. The summed E-state index contributed by atoms with van der Waals surface area (Å²) in [5.74, 6) is -2.14. The molecule has 0 bridgehead atoms. The van der Waals surface area contributed by atoms with Gasteiger partial charge in [0.05, 0.1) is 12.4 Å². The van der Waals surface area contributed by atoms with Gasteiger partial charge in [0.2, 0.25) is 0 Å². The largest absolute Gasteiger partial charge is 0.491 e. The van der Waals surface area contributed by atoms with Crippen LogP contribution in [0.1, 0.15) is 0 Å². The quantitative estimate of drug-likeness (QED) is 0.163.